The van der Waals surface area contributed by atoms with E-state index < -0.39 is 0 Å². The Hall–Kier alpha value is -1.35. The van der Waals surface area contributed by atoms with Gasteiger partial charge in [-0.25, -0.2) is 4.98 Å². The van der Waals surface area contributed by atoms with Crippen molar-refractivity contribution in [3.05, 3.63) is 30.1 Å². The zero-order valence-electron chi connectivity index (χ0n) is 16.5. The van der Waals surface area contributed by atoms with Gasteiger partial charge in [0, 0.05) is 26.6 Å². The third-order valence-corrected chi connectivity index (χ3v) is 5.14. The van der Waals surface area contributed by atoms with Crippen LogP contribution < -0.4 is 10.6 Å². The quantitative estimate of drug-likeness (QED) is 0.245. The van der Waals surface area contributed by atoms with E-state index in [0.29, 0.717) is 0 Å². The average Bonchev–Trinajstić information content (AvgIpc) is 3.08. The molecule has 150 valence electrons. The van der Waals surface area contributed by atoms with Gasteiger partial charge in [0.1, 0.15) is 5.82 Å². The van der Waals surface area contributed by atoms with Crippen LogP contribution in [-0.4, -0.2) is 60.6 Å². The molecule has 27 heavy (non-hydrogen) atoms. The maximum Gasteiger partial charge on any atom is 0.190 e. The molecule has 0 saturated carbocycles. The minimum Gasteiger partial charge on any atom is -0.356 e. The van der Waals surface area contributed by atoms with Gasteiger partial charge in [-0.3, -0.25) is 4.99 Å². The molecule has 6 nitrogen and oxygen atoms in total. The van der Waals surface area contributed by atoms with E-state index in [-0.39, 0.29) is 24.0 Å². The van der Waals surface area contributed by atoms with E-state index in [0.717, 1.165) is 54.7 Å². The number of halogens is 1. The molecule has 1 saturated heterocycles. The summed E-state index contributed by atoms with van der Waals surface area (Å²) in [7, 11) is 1.82. The highest BCUT2D eigenvalue weighted by molar-refractivity contribution is 14.0. The highest BCUT2D eigenvalue weighted by Gasteiger charge is 2.14. The number of aromatic amines is 1. The summed E-state index contributed by atoms with van der Waals surface area (Å²) >= 11 is 0. The Morgan fingerprint density at radius 1 is 1.22 bits per heavy atom. The first-order valence-corrected chi connectivity index (χ1v) is 9.85. The molecule has 1 aliphatic heterocycles. The Kier molecular flexibility index (Phi) is 9.33. The average molecular weight is 484 g/mol. The third kappa shape index (κ3) is 6.95. The number of aliphatic imine (C=N–C) groups is 1. The number of piperidine rings is 1. The number of aromatic nitrogens is 2. The lowest BCUT2D eigenvalue weighted by molar-refractivity contribution is 0.191. The van der Waals surface area contributed by atoms with Crippen molar-refractivity contribution in [1.82, 2.24) is 25.5 Å². The summed E-state index contributed by atoms with van der Waals surface area (Å²) in [4.78, 5) is 14.9. The molecule has 2 aromatic rings. The SMILES string of the molecule is CN=C(NCCCN1CCC(C)CC1)NCCc1nc2ccccc2[nH]1.I. The first kappa shape index (κ1) is 21.9. The lowest BCUT2D eigenvalue weighted by Crippen LogP contribution is -2.40. The standard InChI is InChI=1S/C20H32N6.HI/c1-16-9-14-26(15-10-16)13-5-11-22-20(21-2)23-12-8-19-24-17-6-3-4-7-18(17)25-19;/h3-4,6-7,16H,5,8-15H2,1-2H3,(H,24,25)(H2,21,22,23);1H. The van der Waals surface area contributed by atoms with Crippen molar-refractivity contribution in [1.29, 1.82) is 0 Å². The molecule has 1 aromatic carbocycles. The maximum atomic E-state index is 4.61. The number of hydrogen-bond acceptors (Lipinski definition) is 3. The molecule has 0 atom stereocenters. The lowest BCUT2D eigenvalue weighted by Gasteiger charge is -2.30. The summed E-state index contributed by atoms with van der Waals surface area (Å²) in [6, 6.07) is 8.13. The predicted molar refractivity (Wildman–Crippen MR) is 124 cm³/mol. The number of para-hydroxylation sites is 2. The highest BCUT2D eigenvalue weighted by atomic mass is 127. The highest BCUT2D eigenvalue weighted by Crippen LogP contribution is 2.15. The molecule has 1 aliphatic rings. The third-order valence-electron chi connectivity index (χ3n) is 5.14. The molecule has 3 N–H and O–H groups in total. The van der Waals surface area contributed by atoms with Crippen LogP contribution in [0.15, 0.2) is 29.3 Å². The molecular weight excluding hydrogens is 451 g/mol. The van der Waals surface area contributed by atoms with E-state index in [9.17, 15) is 0 Å². The van der Waals surface area contributed by atoms with Gasteiger partial charge >= 0.3 is 0 Å². The molecule has 1 fully saturated rings. The number of fused-ring (bicyclic) bond motifs is 1. The molecule has 2 heterocycles. The number of benzene rings is 1. The number of nitrogens with zero attached hydrogens (tertiary/aromatic N) is 3. The van der Waals surface area contributed by atoms with Crippen molar-refractivity contribution in [3.63, 3.8) is 0 Å². The molecule has 0 amide bonds. The summed E-state index contributed by atoms with van der Waals surface area (Å²) in [5.41, 5.74) is 2.12. The smallest absolute Gasteiger partial charge is 0.190 e. The zero-order chi connectivity index (χ0) is 18.2. The Morgan fingerprint density at radius 3 is 2.70 bits per heavy atom. The van der Waals surface area contributed by atoms with Crippen LogP contribution in [0.25, 0.3) is 11.0 Å². The molecule has 0 unspecified atom stereocenters. The molecular formula is C20H33IN6. The number of likely N-dealkylation sites (tertiary alicyclic amines) is 1. The first-order valence-electron chi connectivity index (χ1n) is 9.85. The molecule has 3 rings (SSSR count). The van der Waals surface area contributed by atoms with E-state index in [2.05, 4.69) is 43.5 Å². The Labute approximate surface area is 179 Å². The van der Waals surface area contributed by atoms with Crippen LogP contribution in [0.2, 0.25) is 0 Å². The van der Waals surface area contributed by atoms with Gasteiger partial charge in [0.05, 0.1) is 11.0 Å². The molecule has 7 heteroatoms. The number of imidazole rings is 1. The second kappa shape index (κ2) is 11.5. The van der Waals surface area contributed by atoms with E-state index in [1.807, 2.05) is 25.2 Å². The van der Waals surface area contributed by atoms with Crippen LogP contribution >= 0.6 is 24.0 Å². The predicted octanol–water partition coefficient (Wildman–Crippen LogP) is 3.01. The summed E-state index contributed by atoms with van der Waals surface area (Å²) in [5, 5.41) is 6.78. The van der Waals surface area contributed by atoms with Crippen molar-refractivity contribution in [3.8, 4) is 0 Å². The molecule has 0 aliphatic carbocycles. The van der Waals surface area contributed by atoms with Crippen molar-refractivity contribution in [2.45, 2.75) is 32.6 Å². The van der Waals surface area contributed by atoms with Crippen LogP contribution in [-0.2, 0) is 6.42 Å². The summed E-state index contributed by atoms with van der Waals surface area (Å²) in [5.74, 6) is 2.78. The monoisotopic (exact) mass is 484 g/mol. The summed E-state index contributed by atoms with van der Waals surface area (Å²) in [6.45, 7) is 7.81. The van der Waals surface area contributed by atoms with E-state index in [4.69, 9.17) is 0 Å². The Balaban J connectivity index is 0.00000261. The van der Waals surface area contributed by atoms with Crippen LogP contribution in [0.3, 0.4) is 0 Å². The minimum atomic E-state index is 0. The van der Waals surface area contributed by atoms with Crippen molar-refractivity contribution < 1.29 is 0 Å². The van der Waals surface area contributed by atoms with Gasteiger partial charge < -0.3 is 20.5 Å². The van der Waals surface area contributed by atoms with Crippen molar-refractivity contribution in [2.24, 2.45) is 10.9 Å². The normalized spacial score (nSPS) is 16.3. The van der Waals surface area contributed by atoms with E-state index in [1.54, 1.807) is 0 Å². The number of nitrogens with one attached hydrogen (secondary N) is 3. The second-order valence-corrected chi connectivity index (χ2v) is 7.25. The number of rotatable bonds is 7. The Morgan fingerprint density at radius 2 is 1.96 bits per heavy atom. The number of hydrogen-bond donors (Lipinski definition) is 3. The largest absolute Gasteiger partial charge is 0.356 e. The van der Waals surface area contributed by atoms with Gasteiger partial charge in [-0.15, -0.1) is 24.0 Å². The number of guanidine groups is 1. The van der Waals surface area contributed by atoms with Crippen LogP contribution in [0.4, 0.5) is 0 Å². The maximum absolute atomic E-state index is 4.61. The van der Waals surface area contributed by atoms with Crippen LogP contribution in [0.1, 0.15) is 32.0 Å². The van der Waals surface area contributed by atoms with Gasteiger partial charge in [0.2, 0.25) is 0 Å². The molecule has 0 spiro atoms. The van der Waals surface area contributed by atoms with Gasteiger partial charge in [-0.05, 0) is 56.9 Å². The van der Waals surface area contributed by atoms with Gasteiger partial charge in [0.15, 0.2) is 5.96 Å². The molecule has 1 aromatic heterocycles. The van der Waals surface area contributed by atoms with E-state index >= 15 is 0 Å². The van der Waals surface area contributed by atoms with Gasteiger partial charge in [0.25, 0.3) is 0 Å². The second-order valence-electron chi connectivity index (χ2n) is 7.25. The van der Waals surface area contributed by atoms with Gasteiger partial charge in [-0.1, -0.05) is 19.1 Å². The fourth-order valence-corrected chi connectivity index (χ4v) is 3.44. The fraction of sp³-hybridized carbons (Fsp3) is 0.600. The van der Waals surface area contributed by atoms with Crippen LogP contribution in [0.5, 0.6) is 0 Å². The van der Waals surface area contributed by atoms with E-state index in [1.165, 1.54) is 32.5 Å². The lowest BCUT2D eigenvalue weighted by atomic mass is 9.99. The number of H-pyrrole nitrogens is 1. The summed E-state index contributed by atoms with van der Waals surface area (Å²) in [6.07, 6.45) is 4.69. The van der Waals surface area contributed by atoms with Crippen molar-refractivity contribution >= 4 is 41.0 Å². The summed E-state index contributed by atoms with van der Waals surface area (Å²) < 4.78 is 0. The first-order chi connectivity index (χ1) is 12.7. The topological polar surface area (TPSA) is 68.3 Å². The van der Waals surface area contributed by atoms with Crippen LogP contribution in [0, 0.1) is 5.92 Å². The molecule has 0 radical (unpaired) electrons. The fourth-order valence-electron chi connectivity index (χ4n) is 3.44. The van der Waals surface area contributed by atoms with Crippen molar-refractivity contribution in [2.75, 3.05) is 39.8 Å². The van der Waals surface area contributed by atoms with Gasteiger partial charge in [-0.2, -0.15) is 0 Å². The Bertz CT molecular complexity index is 672. The molecule has 0 bridgehead atoms. The zero-order valence-corrected chi connectivity index (χ0v) is 18.8. The minimum absolute atomic E-state index is 0.